The van der Waals surface area contributed by atoms with Gasteiger partial charge in [-0.15, -0.1) is 11.6 Å². The zero-order valence-electron chi connectivity index (χ0n) is 23.8. The van der Waals surface area contributed by atoms with Crippen molar-refractivity contribution in [1.29, 1.82) is 0 Å². The molecule has 2 rings (SSSR count). The van der Waals surface area contributed by atoms with E-state index in [2.05, 4.69) is 41.5 Å². The van der Waals surface area contributed by atoms with Crippen molar-refractivity contribution in [2.24, 2.45) is 17.8 Å². The number of esters is 1. The molecule has 1 aliphatic heterocycles. The van der Waals surface area contributed by atoms with Gasteiger partial charge >= 0.3 is 5.97 Å². The molecular formula is C31H51ClO3. The van der Waals surface area contributed by atoms with E-state index >= 15 is 0 Å². The van der Waals surface area contributed by atoms with Crippen molar-refractivity contribution >= 4 is 17.6 Å². The minimum atomic E-state index is -0.409. The fourth-order valence-corrected chi connectivity index (χ4v) is 5.61. The molecule has 1 aromatic rings. The molecule has 0 aromatic heterocycles. The summed E-state index contributed by atoms with van der Waals surface area (Å²) in [6.07, 6.45) is 13.7. The highest BCUT2D eigenvalue weighted by molar-refractivity contribution is 6.26. The van der Waals surface area contributed by atoms with E-state index in [-0.39, 0.29) is 11.5 Å². The molecule has 1 aliphatic rings. The second-order valence-electron chi connectivity index (χ2n) is 12.0. The van der Waals surface area contributed by atoms with E-state index in [1.807, 2.05) is 13.8 Å². The molecule has 3 unspecified atom stereocenters. The fourth-order valence-electron chi connectivity index (χ4n) is 5.55. The monoisotopic (exact) mass is 506 g/mol. The summed E-state index contributed by atoms with van der Waals surface area (Å²) in [6, 6.07) is 0. The summed E-state index contributed by atoms with van der Waals surface area (Å²) in [7, 11) is 0. The van der Waals surface area contributed by atoms with E-state index in [9.17, 15) is 4.79 Å². The first-order valence-electron chi connectivity index (χ1n) is 14.1. The van der Waals surface area contributed by atoms with Gasteiger partial charge in [0.15, 0.2) is 0 Å². The zero-order valence-corrected chi connectivity index (χ0v) is 24.6. The number of halogens is 1. The second kappa shape index (κ2) is 13.9. The average molecular weight is 507 g/mol. The number of ether oxygens (including phenoxy) is 2. The molecule has 0 saturated carbocycles. The minimum Gasteiger partial charge on any atom is -0.487 e. The first kappa shape index (κ1) is 30.0. The number of carbonyl (C=O) groups excluding carboxylic acids is 1. The molecule has 0 saturated heterocycles. The number of rotatable bonds is 14. The molecule has 35 heavy (non-hydrogen) atoms. The molecule has 0 aliphatic carbocycles. The van der Waals surface area contributed by atoms with E-state index in [1.165, 1.54) is 56.9 Å². The van der Waals surface area contributed by atoms with Gasteiger partial charge in [-0.1, -0.05) is 72.6 Å². The molecule has 200 valence electrons. The zero-order chi connectivity index (χ0) is 26.2. The Morgan fingerprint density at radius 1 is 0.914 bits per heavy atom. The number of alkyl halides is 1. The standard InChI is InChI=1S/C31H51ClO3/c1-21(2)12-9-13-22(3)14-10-15-23(4)16-11-18-31(8)19-17-27-26(7)29(34-28(33)20-32)24(5)25(6)30(27)35-31/h21-23H,9-20H2,1-8H3. The fraction of sp³-hybridized carbons (Fsp3) is 0.774. The Kier molecular flexibility index (Phi) is 11.9. The number of hydrogen-bond acceptors (Lipinski definition) is 3. The predicted octanol–water partition coefficient (Wildman–Crippen LogP) is 9.28. The van der Waals surface area contributed by atoms with Crippen LogP contribution in [0.2, 0.25) is 0 Å². The summed E-state index contributed by atoms with van der Waals surface area (Å²) >= 11 is 5.67. The summed E-state index contributed by atoms with van der Waals surface area (Å²) in [5.74, 6) is 3.59. The second-order valence-corrected chi connectivity index (χ2v) is 12.3. The van der Waals surface area contributed by atoms with Gasteiger partial charge in [-0.05, 0) is 87.8 Å². The Hall–Kier alpha value is -1.22. The van der Waals surface area contributed by atoms with Crippen LogP contribution in [0.4, 0.5) is 0 Å². The average Bonchev–Trinajstić information content (AvgIpc) is 2.79. The van der Waals surface area contributed by atoms with Gasteiger partial charge in [0.1, 0.15) is 23.0 Å². The van der Waals surface area contributed by atoms with E-state index in [0.717, 1.165) is 59.5 Å². The lowest BCUT2D eigenvalue weighted by Gasteiger charge is -2.38. The van der Waals surface area contributed by atoms with Crippen LogP contribution in [-0.2, 0) is 11.2 Å². The third kappa shape index (κ3) is 8.99. The van der Waals surface area contributed by atoms with Crippen molar-refractivity contribution in [3.63, 3.8) is 0 Å². The third-order valence-electron chi connectivity index (χ3n) is 8.16. The van der Waals surface area contributed by atoms with Gasteiger partial charge in [-0.3, -0.25) is 4.79 Å². The highest BCUT2D eigenvalue weighted by atomic mass is 35.5. The lowest BCUT2D eigenvalue weighted by Crippen LogP contribution is -2.37. The molecule has 1 aromatic carbocycles. The number of fused-ring (bicyclic) bond motifs is 1. The first-order valence-corrected chi connectivity index (χ1v) is 14.6. The van der Waals surface area contributed by atoms with Crippen LogP contribution in [0.1, 0.15) is 121 Å². The van der Waals surface area contributed by atoms with Gasteiger partial charge in [0.05, 0.1) is 0 Å². The SMILES string of the molecule is Cc1c(C)c2c(c(C)c1OC(=O)CCl)CCC(C)(CCCC(C)CCCC(C)CCCC(C)C)O2. The van der Waals surface area contributed by atoms with Gasteiger partial charge in [-0.2, -0.15) is 0 Å². The molecular weight excluding hydrogens is 456 g/mol. The van der Waals surface area contributed by atoms with E-state index in [4.69, 9.17) is 21.1 Å². The van der Waals surface area contributed by atoms with Crippen molar-refractivity contribution in [2.45, 2.75) is 132 Å². The van der Waals surface area contributed by atoms with Crippen LogP contribution in [0, 0.1) is 38.5 Å². The Labute approximate surface area is 220 Å². The summed E-state index contributed by atoms with van der Waals surface area (Å²) in [4.78, 5) is 11.8. The molecule has 0 radical (unpaired) electrons. The molecule has 0 spiro atoms. The van der Waals surface area contributed by atoms with Gasteiger partial charge in [0.25, 0.3) is 0 Å². The molecule has 3 atom stereocenters. The topological polar surface area (TPSA) is 35.5 Å². The lowest BCUT2D eigenvalue weighted by molar-refractivity contribution is -0.131. The number of hydrogen-bond donors (Lipinski definition) is 0. The van der Waals surface area contributed by atoms with Gasteiger partial charge in [0.2, 0.25) is 0 Å². The molecule has 3 nitrogen and oxygen atoms in total. The Morgan fingerprint density at radius 3 is 2.06 bits per heavy atom. The van der Waals surface area contributed by atoms with Crippen LogP contribution in [0.3, 0.4) is 0 Å². The van der Waals surface area contributed by atoms with Crippen LogP contribution < -0.4 is 9.47 Å². The van der Waals surface area contributed by atoms with E-state index < -0.39 is 5.97 Å². The van der Waals surface area contributed by atoms with Crippen LogP contribution in [0.15, 0.2) is 0 Å². The highest BCUT2D eigenvalue weighted by Gasteiger charge is 2.34. The largest absolute Gasteiger partial charge is 0.487 e. The Bertz CT molecular complexity index is 831. The smallest absolute Gasteiger partial charge is 0.326 e. The summed E-state index contributed by atoms with van der Waals surface area (Å²) in [5, 5.41) is 0. The minimum absolute atomic E-state index is 0.129. The van der Waals surface area contributed by atoms with Gasteiger partial charge < -0.3 is 9.47 Å². The van der Waals surface area contributed by atoms with Crippen molar-refractivity contribution in [3.8, 4) is 11.5 Å². The van der Waals surface area contributed by atoms with E-state index in [0.29, 0.717) is 5.75 Å². The normalized spacial score (nSPS) is 19.3. The maximum Gasteiger partial charge on any atom is 0.326 e. The van der Waals surface area contributed by atoms with Gasteiger partial charge in [0, 0.05) is 5.56 Å². The Balaban J connectivity index is 1.84. The predicted molar refractivity (Wildman–Crippen MR) is 149 cm³/mol. The molecule has 4 heteroatoms. The van der Waals surface area contributed by atoms with Crippen LogP contribution in [-0.4, -0.2) is 17.5 Å². The summed E-state index contributed by atoms with van der Waals surface area (Å²) in [5.41, 5.74) is 4.10. The van der Waals surface area contributed by atoms with Crippen LogP contribution in [0.25, 0.3) is 0 Å². The lowest BCUT2D eigenvalue weighted by atomic mass is 9.83. The maximum atomic E-state index is 11.8. The Morgan fingerprint density at radius 2 is 1.49 bits per heavy atom. The van der Waals surface area contributed by atoms with Crippen LogP contribution >= 0.6 is 11.6 Å². The maximum absolute atomic E-state index is 11.8. The first-order chi connectivity index (χ1) is 16.5. The summed E-state index contributed by atoms with van der Waals surface area (Å²) < 4.78 is 12.2. The molecule has 0 amide bonds. The third-order valence-corrected chi connectivity index (χ3v) is 8.38. The summed E-state index contributed by atoms with van der Waals surface area (Å²) in [6.45, 7) is 17.9. The number of carbonyl (C=O) groups is 1. The van der Waals surface area contributed by atoms with Crippen molar-refractivity contribution < 1.29 is 14.3 Å². The molecule has 0 fully saturated rings. The molecule has 0 bridgehead atoms. The van der Waals surface area contributed by atoms with E-state index in [1.54, 1.807) is 0 Å². The number of benzene rings is 1. The quantitative estimate of drug-likeness (QED) is 0.143. The van der Waals surface area contributed by atoms with Gasteiger partial charge in [-0.25, -0.2) is 0 Å². The molecule has 0 N–H and O–H groups in total. The molecule has 1 heterocycles. The van der Waals surface area contributed by atoms with Crippen molar-refractivity contribution in [3.05, 3.63) is 22.3 Å². The van der Waals surface area contributed by atoms with Crippen molar-refractivity contribution in [1.82, 2.24) is 0 Å². The highest BCUT2D eigenvalue weighted by Crippen LogP contribution is 2.45. The van der Waals surface area contributed by atoms with Crippen LogP contribution in [0.5, 0.6) is 11.5 Å². The van der Waals surface area contributed by atoms with Crippen molar-refractivity contribution in [2.75, 3.05) is 5.88 Å².